The van der Waals surface area contributed by atoms with Gasteiger partial charge in [-0.15, -0.1) is 0 Å². The molecular weight excluding hydrogens is 134 g/mol. The summed E-state index contributed by atoms with van der Waals surface area (Å²) in [6.07, 6.45) is 0. The minimum Gasteiger partial charge on any atom is -0.285 e. The largest absolute Gasteiger partial charge is 0.285 e. The molecule has 1 radical (unpaired) electrons. The highest BCUT2D eigenvalue weighted by Gasteiger charge is 2.31. The molecule has 3 heteroatoms. The summed E-state index contributed by atoms with van der Waals surface area (Å²) in [5.74, 6) is 0.863. The summed E-state index contributed by atoms with van der Waals surface area (Å²) < 4.78 is 0. The zero-order valence-corrected chi connectivity index (χ0v) is 6.49. The van der Waals surface area contributed by atoms with Gasteiger partial charge in [0.2, 0.25) is 5.12 Å². The van der Waals surface area contributed by atoms with Crippen LogP contribution in [0.2, 0.25) is 0 Å². The monoisotopic (exact) mass is 144 g/mol. The highest BCUT2D eigenvalue weighted by molar-refractivity contribution is 8.13. The Morgan fingerprint density at radius 1 is 1.67 bits per heavy atom. The molecule has 1 saturated heterocycles. The molecule has 1 rings (SSSR count). The molecule has 1 aliphatic rings. The molecule has 0 N–H and O–H groups in total. The predicted molar refractivity (Wildman–Crippen MR) is 38.5 cm³/mol. The minimum absolute atomic E-state index is 0.203. The molecule has 1 heterocycles. The van der Waals surface area contributed by atoms with E-state index in [2.05, 4.69) is 5.32 Å². The van der Waals surface area contributed by atoms with Crippen molar-refractivity contribution in [2.24, 2.45) is 0 Å². The lowest BCUT2D eigenvalue weighted by atomic mass is 10.1. The summed E-state index contributed by atoms with van der Waals surface area (Å²) in [4.78, 5) is 11.0. The van der Waals surface area contributed by atoms with E-state index >= 15 is 0 Å². The molecule has 0 aliphatic carbocycles. The Bertz CT molecular complexity index is 133. The first-order chi connectivity index (χ1) is 4.13. The summed E-state index contributed by atoms with van der Waals surface area (Å²) in [5.41, 5.74) is -0.414. The van der Waals surface area contributed by atoms with Crippen molar-refractivity contribution < 1.29 is 4.79 Å². The fourth-order valence-electron chi connectivity index (χ4n) is 0.705. The predicted octanol–water partition coefficient (Wildman–Crippen LogP) is 0.643. The molecule has 0 spiro atoms. The Hall–Kier alpha value is -0.0200. The molecule has 0 amide bonds. The molecule has 0 aromatic heterocycles. The van der Waals surface area contributed by atoms with Crippen LogP contribution in [-0.4, -0.2) is 23.0 Å². The van der Waals surface area contributed by atoms with Crippen molar-refractivity contribution in [1.82, 2.24) is 5.32 Å². The molecular formula is C6H10NOS. The van der Waals surface area contributed by atoms with E-state index in [0.717, 1.165) is 12.3 Å². The average molecular weight is 144 g/mol. The first-order valence-corrected chi connectivity index (χ1v) is 3.97. The fraction of sp³-hybridized carbons (Fsp3) is 0.833. The van der Waals surface area contributed by atoms with Crippen LogP contribution < -0.4 is 5.32 Å². The van der Waals surface area contributed by atoms with E-state index in [0.29, 0.717) is 0 Å². The van der Waals surface area contributed by atoms with Crippen molar-refractivity contribution in [1.29, 1.82) is 0 Å². The number of carbonyl (C=O) groups is 1. The van der Waals surface area contributed by atoms with Gasteiger partial charge in [0, 0.05) is 12.3 Å². The summed E-state index contributed by atoms with van der Waals surface area (Å²) in [5, 5.41) is 4.38. The van der Waals surface area contributed by atoms with Gasteiger partial charge in [-0.3, -0.25) is 4.79 Å². The SMILES string of the molecule is CC1(C)[N]CCSC1=O. The zero-order valence-electron chi connectivity index (χ0n) is 5.68. The standard InChI is InChI=1S/C6H10NOS/c1-6(2)5(8)9-4-3-7-6/h3-4H2,1-2H3. The van der Waals surface area contributed by atoms with E-state index < -0.39 is 5.54 Å². The molecule has 1 aliphatic heterocycles. The second-order valence-electron chi connectivity index (χ2n) is 2.58. The number of hydrogen-bond acceptors (Lipinski definition) is 2. The Labute approximate surface area is 59.4 Å². The Morgan fingerprint density at radius 2 is 2.33 bits per heavy atom. The Morgan fingerprint density at radius 3 is 2.67 bits per heavy atom. The van der Waals surface area contributed by atoms with Crippen LogP contribution in [0, 0.1) is 0 Å². The van der Waals surface area contributed by atoms with Gasteiger partial charge in [-0.2, -0.15) is 0 Å². The van der Waals surface area contributed by atoms with Crippen molar-refractivity contribution in [3.8, 4) is 0 Å². The van der Waals surface area contributed by atoms with Gasteiger partial charge >= 0.3 is 0 Å². The van der Waals surface area contributed by atoms with Crippen LogP contribution in [0.5, 0.6) is 0 Å². The van der Waals surface area contributed by atoms with E-state index in [1.165, 1.54) is 11.8 Å². The summed E-state index contributed by atoms with van der Waals surface area (Å²) in [6, 6.07) is 0. The average Bonchev–Trinajstić information content (AvgIpc) is 1.77. The minimum atomic E-state index is -0.414. The van der Waals surface area contributed by atoms with Crippen LogP contribution in [-0.2, 0) is 4.79 Å². The van der Waals surface area contributed by atoms with E-state index in [1.807, 2.05) is 13.8 Å². The van der Waals surface area contributed by atoms with Crippen molar-refractivity contribution in [3.05, 3.63) is 0 Å². The lowest BCUT2D eigenvalue weighted by molar-refractivity contribution is -0.116. The fourth-order valence-corrected chi connectivity index (χ4v) is 1.49. The smallest absolute Gasteiger partial charge is 0.210 e. The van der Waals surface area contributed by atoms with Gasteiger partial charge in [0.05, 0.1) is 5.54 Å². The maximum absolute atomic E-state index is 11.0. The second-order valence-corrected chi connectivity index (χ2v) is 3.64. The van der Waals surface area contributed by atoms with Gasteiger partial charge in [0.15, 0.2) is 0 Å². The third kappa shape index (κ3) is 1.46. The molecule has 0 unspecified atom stereocenters. The van der Waals surface area contributed by atoms with Crippen molar-refractivity contribution in [2.75, 3.05) is 12.3 Å². The molecule has 9 heavy (non-hydrogen) atoms. The highest BCUT2D eigenvalue weighted by Crippen LogP contribution is 2.19. The van der Waals surface area contributed by atoms with E-state index in [9.17, 15) is 4.79 Å². The maximum Gasteiger partial charge on any atom is 0.210 e. The number of hydrogen-bond donors (Lipinski definition) is 0. The Kier molecular flexibility index (Phi) is 1.82. The zero-order chi connectivity index (χ0) is 6.91. The quantitative estimate of drug-likeness (QED) is 0.499. The topological polar surface area (TPSA) is 31.2 Å². The second kappa shape index (κ2) is 2.31. The normalized spacial score (nSPS) is 26.2. The summed E-state index contributed by atoms with van der Waals surface area (Å²) in [6.45, 7) is 4.55. The third-order valence-corrected chi connectivity index (χ3v) is 2.48. The lowest BCUT2D eigenvalue weighted by Crippen LogP contribution is -2.44. The van der Waals surface area contributed by atoms with E-state index in [4.69, 9.17) is 0 Å². The molecule has 0 aromatic rings. The molecule has 0 aromatic carbocycles. The molecule has 1 fully saturated rings. The van der Waals surface area contributed by atoms with Crippen molar-refractivity contribution in [3.63, 3.8) is 0 Å². The first-order valence-electron chi connectivity index (χ1n) is 2.99. The van der Waals surface area contributed by atoms with Crippen molar-refractivity contribution in [2.45, 2.75) is 19.4 Å². The van der Waals surface area contributed by atoms with Crippen LogP contribution in [0.1, 0.15) is 13.8 Å². The van der Waals surface area contributed by atoms with Gasteiger partial charge in [-0.25, -0.2) is 5.32 Å². The van der Waals surface area contributed by atoms with Gasteiger partial charge in [0.25, 0.3) is 0 Å². The molecule has 2 nitrogen and oxygen atoms in total. The third-order valence-electron chi connectivity index (χ3n) is 1.33. The molecule has 51 valence electrons. The van der Waals surface area contributed by atoms with Crippen LogP contribution >= 0.6 is 11.8 Å². The summed E-state index contributed by atoms with van der Waals surface area (Å²) >= 11 is 1.39. The van der Waals surface area contributed by atoms with Crippen molar-refractivity contribution >= 4 is 16.9 Å². The first kappa shape index (κ1) is 7.09. The van der Waals surface area contributed by atoms with Gasteiger partial charge in [-0.1, -0.05) is 11.8 Å². The molecule has 0 saturated carbocycles. The number of thioether (sulfide) groups is 1. The van der Waals surface area contributed by atoms with Gasteiger partial charge in [0.1, 0.15) is 0 Å². The van der Waals surface area contributed by atoms with Gasteiger partial charge in [-0.05, 0) is 13.8 Å². The van der Waals surface area contributed by atoms with Crippen LogP contribution in [0.25, 0.3) is 0 Å². The maximum atomic E-state index is 11.0. The molecule has 0 bridgehead atoms. The molecule has 0 atom stereocenters. The van der Waals surface area contributed by atoms with Crippen LogP contribution in [0.15, 0.2) is 0 Å². The highest BCUT2D eigenvalue weighted by atomic mass is 32.2. The lowest BCUT2D eigenvalue weighted by Gasteiger charge is -2.26. The van der Waals surface area contributed by atoms with Crippen LogP contribution in [0.3, 0.4) is 0 Å². The Balaban J connectivity index is 2.60. The van der Waals surface area contributed by atoms with Crippen LogP contribution in [0.4, 0.5) is 0 Å². The van der Waals surface area contributed by atoms with Gasteiger partial charge < -0.3 is 0 Å². The number of carbonyl (C=O) groups excluding carboxylic acids is 1. The summed E-state index contributed by atoms with van der Waals surface area (Å²) in [7, 11) is 0. The van der Waals surface area contributed by atoms with E-state index in [-0.39, 0.29) is 5.12 Å². The number of rotatable bonds is 0. The van der Waals surface area contributed by atoms with E-state index in [1.54, 1.807) is 0 Å². The number of nitrogens with zero attached hydrogens (tertiary/aromatic N) is 1.